The fourth-order valence-corrected chi connectivity index (χ4v) is 1.83. The van der Waals surface area contributed by atoms with Gasteiger partial charge >= 0.3 is 0 Å². The molecule has 0 spiro atoms. The Morgan fingerprint density at radius 2 is 2.15 bits per heavy atom. The third-order valence-corrected chi connectivity index (χ3v) is 2.95. The van der Waals surface area contributed by atoms with Gasteiger partial charge in [-0.25, -0.2) is 4.98 Å². The summed E-state index contributed by atoms with van der Waals surface area (Å²) in [7, 11) is 3.52. The molecule has 2 N–H and O–H groups in total. The zero-order valence-corrected chi connectivity index (χ0v) is 12.4. The van der Waals surface area contributed by atoms with Crippen molar-refractivity contribution in [2.75, 3.05) is 19.8 Å². The Kier molecular flexibility index (Phi) is 6.37. The van der Waals surface area contributed by atoms with Gasteiger partial charge in [0, 0.05) is 37.8 Å². The number of anilines is 1. The molecule has 0 atom stereocenters. The van der Waals surface area contributed by atoms with E-state index in [9.17, 15) is 0 Å². The van der Waals surface area contributed by atoms with E-state index in [1.54, 1.807) is 26.5 Å². The molecule has 4 nitrogen and oxygen atoms in total. The number of pyridine rings is 1. The van der Waals surface area contributed by atoms with E-state index < -0.39 is 0 Å². The largest absolute Gasteiger partial charge is 0.383 e. The standard InChI is InChI=1S/C16H22N4/c1-5-14(19-4)7-6-12(2)10-13-8-9-20-16(17)15(13)11-18-3/h6-9,11H,2,5,10H2,1,3-4H3,(H2,17,20)/b7-6-,18-11?,19-14?. The number of nitrogens with zero attached hydrogens (tertiary/aromatic N) is 3. The monoisotopic (exact) mass is 270 g/mol. The fourth-order valence-electron chi connectivity index (χ4n) is 1.83. The van der Waals surface area contributed by atoms with Crippen molar-refractivity contribution in [3.63, 3.8) is 0 Å². The second-order valence-corrected chi connectivity index (χ2v) is 4.39. The minimum absolute atomic E-state index is 0.495. The number of aromatic nitrogens is 1. The first-order valence-corrected chi connectivity index (χ1v) is 6.59. The van der Waals surface area contributed by atoms with Crippen molar-refractivity contribution in [2.24, 2.45) is 9.98 Å². The van der Waals surface area contributed by atoms with Crippen molar-refractivity contribution in [1.82, 2.24) is 4.98 Å². The Hall–Kier alpha value is -2.23. The molecule has 0 radical (unpaired) electrons. The van der Waals surface area contributed by atoms with Crippen LogP contribution in [-0.2, 0) is 6.42 Å². The Balaban J connectivity index is 2.89. The summed E-state index contributed by atoms with van der Waals surface area (Å²) < 4.78 is 0. The molecule has 0 bridgehead atoms. The van der Waals surface area contributed by atoms with Crippen LogP contribution in [0.3, 0.4) is 0 Å². The number of hydrogen-bond donors (Lipinski definition) is 1. The first kappa shape index (κ1) is 15.8. The van der Waals surface area contributed by atoms with Crippen LogP contribution in [-0.4, -0.2) is 31.0 Å². The van der Waals surface area contributed by atoms with Gasteiger partial charge in [0.15, 0.2) is 0 Å². The molecule has 0 aromatic carbocycles. The molecule has 0 fully saturated rings. The van der Waals surface area contributed by atoms with E-state index in [1.165, 1.54) is 0 Å². The van der Waals surface area contributed by atoms with Crippen LogP contribution >= 0.6 is 0 Å². The van der Waals surface area contributed by atoms with Crippen LogP contribution in [0.1, 0.15) is 24.5 Å². The minimum atomic E-state index is 0.495. The van der Waals surface area contributed by atoms with Crippen molar-refractivity contribution < 1.29 is 0 Å². The van der Waals surface area contributed by atoms with Gasteiger partial charge in [-0.05, 0) is 30.5 Å². The van der Waals surface area contributed by atoms with E-state index in [0.29, 0.717) is 12.2 Å². The lowest BCUT2D eigenvalue weighted by Crippen LogP contribution is -2.02. The number of rotatable bonds is 6. The molecule has 0 saturated heterocycles. The lowest BCUT2D eigenvalue weighted by molar-refractivity contribution is 1.17. The van der Waals surface area contributed by atoms with Gasteiger partial charge < -0.3 is 5.73 Å². The van der Waals surface area contributed by atoms with Gasteiger partial charge in [0.25, 0.3) is 0 Å². The highest BCUT2D eigenvalue weighted by Crippen LogP contribution is 2.16. The molecular formula is C16H22N4. The number of hydrogen-bond acceptors (Lipinski definition) is 4. The summed E-state index contributed by atoms with van der Waals surface area (Å²) in [5.74, 6) is 0.495. The van der Waals surface area contributed by atoms with E-state index in [-0.39, 0.29) is 0 Å². The van der Waals surface area contributed by atoms with Gasteiger partial charge in [-0.2, -0.15) is 0 Å². The molecule has 20 heavy (non-hydrogen) atoms. The molecule has 0 unspecified atom stereocenters. The number of aliphatic imine (C=N–C) groups is 2. The smallest absolute Gasteiger partial charge is 0.132 e. The molecule has 0 aliphatic rings. The zero-order valence-electron chi connectivity index (χ0n) is 12.4. The van der Waals surface area contributed by atoms with Crippen LogP contribution in [0.2, 0.25) is 0 Å². The van der Waals surface area contributed by atoms with Gasteiger partial charge in [-0.15, -0.1) is 0 Å². The van der Waals surface area contributed by atoms with Crippen LogP contribution in [0, 0.1) is 0 Å². The molecule has 1 heterocycles. The molecule has 0 aliphatic heterocycles. The lowest BCUT2D eigenvalue weighted by Gasteiger charge is -2.07. The molecule has 1 rings (SSSR count). The van der Waals surface area contributed by atoms with Crippen LogP contribution in [0.25, 0.3) is 0 Å². The second-order valence-electron chi connectivity index (χ2n) is 4.39. The Labute approximate surface area is 120 Å². The highest BCUT2D eigenvalue weighted by molar-refractivity contribution is 5.95. The molecule has 0 aliphatic carbocycles. The normalized spacial score (nSPS) is 12.4. The molecule has 0 amide bonds. The van der Waals surface area contributed by atoms with E-state index in [0.717, 1.165) is 28.8 Å². The van der Waals surface area contributed by atoms with Crippen molar-refractivity contribution in [3.8, 4) is 0 Å². The Morgan fingerprint density at radius 1 is 1.40 bits per heavy atom. The second kappa shape index (κ2) is 8.04. The number of allylic oxidation sites excluding steroid dienone is 3. The van der Waals surface area contributed by atoms with Crippen molar-refractivity contribution in [2.45, 2.75) is 19.8 Å². The van der Waals surface area contributed by atoms with Crippen LogP contribution in [0.15, 0.2) is 46.6 Å². The van der Waals surface area contributed by atoms with Crippen LogP contribution in [0.4, 0.5) is 5.82 Å². The summed E-state index contributed by atoms with van der Waals surface area (Å²) in [6.07, 6.45) is 9.07. The van der Waals surface area contributed by atoms with Crippen molar-refractivity contribution in [3.05, 3.63) is 47.7 Å². The van der Waals surface area contributed by atoms with Crippen molar-refractivity contribution >= 4 is 17.7 Å². The average molecular weight is 270 g/mol. The van der Waals surface area contributed by atoms with Gasteiger partial charge in [0.1, 0.15) is 5.82 Å². The Morgan fingerprint density at radius 3 is 2.75 bits per heavy atom. The topological polar surface area (TPSA) is 63.6 Å². The first-order chi connectivity index (χ1) is 9.62. The molecular weight excluding hydrogens is 248 g/mol. The predicted octanol–water partition coefficient (Wildman–Crippen LogP) is 2.85. The third kappa shape index (κ3) is 4.46. The Bertz CT molecular complexity index is 554. The van der Waals surface area contributed by atoms with E-state index >= 15 is 0 Å². The SMILES string of the molecule is C=C(/C=C\C(CC)=NC)Cc1ccnc(N)c1C=NC. The number of nitrogen functional groups attached to an aromatic ring is 1. The maximum absolute atomic E-state index is 5.88. The fraction of sp³-hybridized carbons (Fsp3) is 0.312. The average Bonchev–Trinajstić information content (AvgIpc) is 2.44. The summed E-state index contributed by atoms with van der Waals surface area (Å²) in [5.41, 5.74) is 9.87. The van der Waals surface area contributed by atoms with Crippen molar-refractivity contribution in [1.29, 1.82) is 0 Å². The van der Waals surface area contributed by atoms with Gasteiger partial charge in [-0.1, -0.05) is 25.2 Å². The zero-order chi connectivity index (χ0) is 15.0. The van der Waals surface area contributed by atoms with Gasteiger partial charge in [0.05, 0.1) is 0 Å². The first-order valence-electron chi connectivity index (χ1n) is 6.59. The van der Waals surface area contributed by atoms with Crippen LogP contribution < -0.4 is 5.73 Å². The maximum Gasteiger partial charge on any atom is 0.132 e. The number of nitrogens with two attached hydrogens (primary N) is 1. The minimum Gasteiger partial charge on any atom is -0.383 e. The molecule has 1 aromatic heterocycles. The van der Waals surface area contributed by atoms with E-state index in [2.05, 4.69) is 28.5 Å². The molecule has 0 saturated carbocycles. The third-order valence-electron chi connectivity index (χ3n) is 2.95. The summed E-state index contributed by atoms with van der Waals surface area (Å²) in [5, 5.41) is 0. The highest BCUT2D eigenvalue weighted by Gasteiger charge is 2.05. The predicted molar refractivity (Wildman–Crippen MR) is 87.8 cm³/mol. The lowest BCUT2D eigenvalue weighted by atomic mass is 10.0. The quantitative estimate of drug-likeness (QED) is 0.638. The molecule has 4 heteroatoms. The summed E-state index contributed by atoms with van der Waals surface area (Å²) in [4.78, 5) is 12.3. The van der Waals surface area contributed by atoms with E-state index in [4.69, 9.17) is 5.73 Å². The highest BCUT2D eigenvalue weighted by atomic mass is 14.8. The van der Waals surface area contributed by atoms with E-state index in [1.807, 2.05) is 18.2 Å². The molecule has 106 valence electrons. The van der Waals surface area contributed by atoms with Gasteiger partial charge in [0.2, 0.25) is 0 Å². The summed E-state index contributed by atoms with van der Waals surface area (Å²) in [6.45, 7) is 6.15. The summed E-state index contributed by atoms with van der Waals surface area (Å²) >= 11 is 0. The molecule has 1 aromatic rings. The summed E-state index contributed by atoms with van der Waals surface area (Å²) in [6, 6.07) is 1.95. The van der Waals surface area contributed by atoms with Gasteiger partial charge in [-0.3, -0.25) is 9.98 Å². The maximum atomic E-state index is 5.88. The van der Waals surface area contributed by atoms with Crippen LogP contribution in [0.5, 0.6) is 0 Å².